The molecule has 0 fully saturated rings. The Kier molecular flexibility index (Phi) is 2.70. The van der Waals surface area contributed by atoms with Gasteiger partial charge in [0.15, 0.2) is 0 Å². The first kappa shape index (κ1) is 9.87. The quantitative estimate of drug-likeness (QED) is 0.722. The molecule has 1 aromatic rings. The Hall–Kier alpha value is -0.670. The lowest BCUT2D eigenvalue weighted by molar-refractivity contribution is 0.610. The fourth-order valence-electron chi connectivity index (χ4n) is 1.59. The van der Waals surface area contributed by atoms with Gasteiger partial charge < -0.3 is 5.32 Å². The van der Waals surface area contributed by atoms with Crippen LogP contribution in [0.5, 0.6) is 0 Å². The van der Waals surface area contributed by atoms with Crippen molar-refractivity contribution in [3.63, 3.8) is 0 Å². The van der Waals surface area contributed by atoms with Crippen LogP contribution in [0.2, 0.25) is 5.15 Å². The van der Waals surface area contributed by atoms with Crippen molar-refractivity contribution in [1.82, 2.24) is 15.3 Å². The van der Waals surface area contributed by atoms with E-state index in [1.165, 1.54) is 0 Å². The summed E-state index contributed by atoms with van der Waals surface area (Å²) in [6, 6.07) is 0. The SMILES string of the molecule is CC(C)c1nc(Cl)c2c(n1)CNCC2. The second-order valence-corrected chi connectivity index (χ2v) is 4.24. The molecule has 0 saturated heterocycles. The van der Waals surface area contributed by atoms with Crippen LogP contribution >= 0.6 is 11.6 Å². The van der Waals surface area contributed by atoms with Crippen LogP contribution in [0.15, 0.2) is 0 Å². The maximum atomic E-state index is 6.11. The highest BCUT2D eigenvalue weighted by Gasteiger charge is 2.17. The first-order valence-corrected chi connectivity index (χ1v) is 5.32. The average molecular weight is 212 g/mol. The molecule has 0 aromatic carbocycles. The molecule has 0 spiro atoms. The number of rotatable bonds is 1. The van der Waals surface area contributed by atoms with E-state index in [0.717, 1.165) is 36.6 Å². The Bertz CT molecular complexity index is 349. The second kappa shape index (κ2) is 3.83. The van der Waals surface area contributed by atoms with Crippen LogP contribution in [-0.4, -0.2) is 16.5 Å². The topological polar surface area (TPSA) is 37.8 Å². The molecule has 1 N–H and O–H groups in total. The molecular weight excluding hydrogens is 198 g/mol. The van der Waals surface area contributed by atoms with Gasteiger partial charge in [0.1, 0.15) is 11.0 Å². The van der Waals surface area contributed by atoms with Gasteiger partial charge in [-0.25, -0.2) is 9.97 Å². The summed E-state index contributed by atoms with van der Waals surface area (Å²) in [5.41, 5.74) is 2.19. The molecule has 4 heteroatoms. The van der Waals surface area contributed by atoms with Gasteiger partial charge in [0.05, 0.1) is 5.69 Å². The molecule has 1 aromatic heterocycles. The molecule has 0 unspecified atom stereocenters. The summed E-state index contributed by atoms with van der Waals surface area (Å²) in [5, 5.41) is 3.92. The predicted octanol–water partition coefficient (Wildman–Crippen LogP) is 1.90. The van der Waals surface area contributed by atoms with Crippen LogP contribution in [0.4, 0.5) is 0 Å². The fraction of sp³-hybridized carbons (Fsp3) is 0.600. The molecule has 0 aliphatic carbocycles. The minimum absolute atomic E-state index is 0.333. The first-order chi connectivity index (χ1) is 6.68. The Morgan fingerprint density at radius 2 is 2.14 bits per heavy atom. The van der Waals surface area contributed by atoms with Gasteiger partial charge in [-0.3, -0.25) is 0 Å². The minimum Gasteiger partial charge on any atom is -0.311 e. The molecule has 0 amide bonds. The molecule has 2 heterocycles. The smallest absolute Gasteiger partial charge is 0.136 e. The highest BCUT2D eigenvalue weighted by atomic mass is 35.5. The number of aromatic nitrogens is 2. The third-order valence-corrected chi connectivity index (χ3v) is 2.73. The molecule has 76 valence electrons. The zero-order valence-electron chi connectivity index (χ0n) is 8.47. The van der Waals surface area contributed by atoms with Crippen molar-refractivity contribution in [3.05, 3.63) is 22.2 Å². The molecule has 3 nitrogen and oxygen atoms in total. The van der Waals surface area contributed by atoms with Crippen LogP contribution in [0.1, 0.15) is 36.8 Å². The first-order valence-electron chi connectivity index (χ1n) is 4.94. The van der Waals surface area contributed by atoms with Gasteiger partial charge in [-0.2, -0.15) is 0 Å². The summed E-state index contributed by atoms with van der Waals surface area (Å²) in [5.74, 6) is 1.18. The third kappa shape index (κ3) is 1.74. The number of halogens is 1. The summed E-state index contributed by atoms with van der Waals surface area (Å²) in [6.07, 6.45) is 0.937. The molecule has 2 rings (SSSR count). The van der Waals surface area contributed by atoms with Crippen LogP contribution in [0.3, 0.4) is 0 Å². The van der Waals surface area contributed by atoms with E-state index >= 15 is 0 Å². The summed E-state index contributed by atoms with van der Waals surface area (Å²) < 4.78 is 0. The standard InChI is InChI=1S/C10H14ClN3/c1-6(2)10-13-8-5-12-4-3-7(8)9(11)14-10/h6,12H,3-5H2,1-2H3. The van der Waals surface area contributed by atoms with E-state index in [4.69, 9.17) is 11.6 Å². The van der Waals surface area contributed by atoms with Gasteiger partial charge in [0.2, 0.25) is 0 Å². The van der Waals surface area contributed by atoms with Crippen LogP contribution < -0.4 is 5.32 Å². The minimum atomic E-state index is 0.333. The number of fused-ring (bicyclic) bond motifs is 1. The van der Waals surface area contributed by atoms with Gasteiger partial charge in [-0.15, -0.1) is 0 Å². The van der Waals surface area contributed by atoms with Crippen molar-refractivity contribution in [2.45, 2.75) is 32.7 Å². The van der Waals surface area contributed by atoms with Crippen molar-refractivity contribution < 1.29 is 0 Å². The van der Waals surface area contributed by atoms with E-state index in [1.807, 2.05) is 0 Å². The van der Waals surface area contributed by atoms with Gasteiger partial charge in [-0.1, -0.05) is 25.4 Å². The van der Waals surface area contributed by atoms with E-state index < -0.39 is 0 Å². The van der Waals surface area contributed by atoms with Crippen LogP contribution in [-0.2, 0) is 13.0 Å². The normalized spacial score (nSPS) is 15.7. The fourth-order valence-corrected chi connectivity index (χ4v) is 1.88. The van der Waals surface area contributed by atoms with Crippen molar-refractivity contribution in [3.8, 4) is 0 Å². The molecule has 0 radical (unpaired) electrons. The lowest BCUT2D eigenvalue weighted by Crippen LogP contribution is -2.26. The lowest BCUT2D eigenvalue weighted by Gasteiger charge is -2.18. The zero-order chi connectivity index (χ0) is 10.1. The number of hydrogen-bond acceptors (Lipinski definition) is 3. The van der Waals surface area contributed by atoms with Crippen molar-refractivity contribution >= 4 is 11.6 Å². The largest absolute Gasteiger partial charge is 0.311 e. The van der Waals surface area contributed by atoms with Gasteiger partial charge in [0.25, 0.3) is 0 Å². The second-order valence-electron chi connectivity index (χ2n) is 3.88. The summed E-state index contributed by atoms with van der Waals surface area (Å²) in [4.78, 5) is 8.83. The number of nitrogens with zero attached hydrogens (tertiary/aromatic N) is 2. The van der Waals surface area contributed by atoms with Crippen molar-refractivity contribution in [1.29, 1.82) is 0 Å². The van der Waals surface area contributed by atoms with Gasteiger partial charge >= 0.3 is 0 Å². The molecule has 0 bridgehead atoms. The monoisotopic (exact) mass is 211 g/mol. The number of hydrogen-bond donors (Lipinski definition) is 1. The lowest BCUT2D eigenvalue weighted by atomic mass is 10.1. The zero-order valence-corrected chi connectivity index (χ0v) is 9.23. The molecule has 1 aliphatic rings. The van der Waals surface area contributed by atoms with E-state index in [9.17, 15) is 0 Å². The number of nitrogens with one attached hydrogen (secondary N) is 1. The molecule has 0 atom stereocenters. The molecule has 1 aliphatic heterocycles. The van der Waals surface area contributed by atoms with Gasteiger partial charge in [-0.05, 0) is 13.0 Å². The van der Waals surface area contributed by atoms with E-state index in [1.54, 1.807) is 0 Å². The van der Waals surface area contributed by atoms with Crippen molar-refractivity contribution in [2.24, 2.45) is 0 Å². The van der Waals surface area contributed by atoms with Crippen LogP contribution in [0, 0.1) is 0 Å². The predicted molar refractivity (Wildman–Crippen MR) is 56.5 cm³/mol. The maximum absolute atomic E-state index is 6.11. The van der Waals surface area contributed by atoms with E-state index in [2.05, 4.69) is 29.1 Å². The third-order valence-electron chi connectivity index (χ3n) is 2.42. The Labute approximate surface area is 88.9 Å². The molecule has 14 heavy (non-hydrogen) atoms. The highest BCUT2D eigenvalue weighted by Crippen LogP contribution is 2.22. The molecule has 0 saturated carbocycles. The van der Waals surface area contributed by atoms with Crippen molar-refractivity contribution in [2.75, 3.05) is 6.54 Å². The van der Waals surface area contributed by atoms with E-state index in [0.29, 0.717) is 11.1 Å². The van der Waals surface area contributed by atoms with E-state index in [-0.39, 0.29) is 0 Å². The summed E-state index contributed by atoms with van der Waals surface area (Å²) in [7, 11) is 0. The summed E-state index contributed by atoms with van der Waals surface area (Å²) >= 11 is 6.11. The average Bonchev–Trinajstić information content (AvgIpc) is 2.17. The Morgan fingerprint density at radius 1 is 1.36 bits per heavy atom. The Morgan fingerprint density at radius 3 is 2.86 bits per heavy atom. The van der Waals surface area contributed by atoms with Crippen LogP contribution in [0.25, 0.3) is 0 Å². The Balaban J connectivity index is 2.46. The van der Waals surface area contributed by atoms with Gasteiger partial charge in [0, 0.05) is 18.0 Å². The molecular formula is C10H14ClN3. The highest BCUT2D eigenvalue weighted by molar-refractivity contribution is 6.30. The maximum Gasteiger partial charge on any atom is 0.136 e. The summed E-state index contributed by atoms with van der Waals surface area (Å²) in [6.45, 7) is 5.94.